The zero-order valence-electron chi connectivity index (χ0n) is 15.0. The Kier molecular flexibility index (Phi) is 6.81. The molecule has 0 saturated carbocycles. The molecule has 1 saturated heterocycles. The Bertz CT molecular complexity index is 833. The van der Waals surface area contributed by atoms with Gasteiger partial charge in [-0.2, -0.15) is 13.2 Å². The molecule has 5 nitrogen and oxygen atoms in total. The fourth-order valence-corrected chi connectivity index (χ4v) is 3.94. The molecule has 1 aliphatic rings. The summed E-state index contributed by atoms with van der Waals surface area (Å²) < 4.78 is 50.7. The van der Waals surface area contributed by atoms with Crippen LogP contribution in [-0.2, 0) is 11.0 Å². The number of thioether (sulfide) groups is 1. The highest BCUT2D eigenvalue weighted by Gasteiger charge is 2.30. The minimum Gasteiger partial charge on any atom is -0.338 e. The molecule has 1 unspecified atom stereocenters. The van der Waals surface area contributed by atoms with E-state index < -0.39 is 11.7 Å². The average Bonchev–Trinajstić information content (AvgIpc) is 2.68. The van der Waals surface area contributed by atoms with Crippen LogP contribution in [-0.4, -0.2) is 34.6 Å². The highest BCUT2D eigenvalue weighted by atomic mass is 32.2. The van der Waals surface area contributed by atoms with Gasteiger partial charge in [0.2, 0.25) is 0 Å². The number of hydrogen-bond donors (Lipinski definition) is 3. The van der Waals surface area contributed by atoms with Gasteiger partial charge in [0.1, 0.15) is 10.5 Å². The summed E-state index contributed by atoms with van der Waals surface area (Å²) in [7, 11) is 0. The second-order valence-electron chi connectivity index (χ2n) is 6.29. The molecule has 156 valence electrons. The normalized spacial score (nSPS) is 17.8. The van der Waals surface area contributed by atoms with Crippen LogP contribution in [0, 0.1) is 5.82 Å². The standard InChI is InChI=1S/C18H18F4N4OS2/c19-13-3-7-15(8-4-13)26-10-25(11-29-17(26)28)9-16(27)24-23-14-5-1-12(2-6-14)18(20,21)22/h1-8,17,23,28H,9-11H2,(H,24,27). The lowest BCUT2D eigenvalue weighted by Gasteiger charge is -2.40. The molecule has 2 aromatic carbocycles. The van der Waals surface area contributed by atoms with E-state index in [9.17, 15) is 22.4 Å². The van der Waals surface area contributed by atoms with Gasteiger partial charge in [0.25, 0.3) is 5.91 Å². The number of hydrazine groups is 1. The summed E-state index contributed by atoms with van der Waals surface area (Å²) in [6.45, 7) is 0.485. The summed E-state index contributed by atoms with van der Waals surface area (Å²) in [5.41, 5.74) is 5.43. The predicted molar refractivity (Wildman–Crippen MR) is 109 cm³/mol. The van der Waals surface area contributed by atoms with Gasteiger partial charge in [0.15, 0.2) is 0 Å². The molecule has 11 heteroatoms. The minimum atomic E-state index is -4.41. The number of halogens is 4. The Morgan fingerprint density at radius 1 is 1.14 bits per heavy atom. The number of thiol groups is 1. The minimum absolute atomic E-state index is 0.0683. The van der Waals surface area contributed by atoms with Gasteiger partial charge in [0.05, 0.1) is 24.5 Å². The molecule has 1 atom stereocenters. The van der Waals surface area contributed by atoms with E-state index in [-0.39, 0.29) is 23.0 Å². The maximum Gasteiger partial charge on any atom is 0.416 e. The van der Waals surface area contributed by atoms with Crippen LogP contribution < -0.4 is 15.8 Å². The summed E-state index contributed by atoms with van der Waals surface area (Å²) in [6, 6.07) is 10.4. The number of anilines is 2. The van der Waals surface area contributed by atoms with Crippen molar-refractivity contribution in [1.82, 2.24) is 10.3 Å². The molecule has 2 N–H and O–H groups in total. The van der Waals surface area contributed by atoms with Gasteiger partial charge in [-0.25, -0.2) is 4.39 Å². The van der Waals surface area contributed by atoms with Crippen LogP contribution in [0.5, 0.6) is 0 Å². The van der Waals surface area contributed by atoms with Crippen LogP contribution in [0.4, 0.5) is 28.9 Å². The number of carbonyl (C=O) groups is 1. The van der Waals surface area contributed by atoms with Crippen molar-refractivity contribution in [2.45, 2.75) is 10.9 Å². The summed E-state index contributed by atoms with van der Waals surface area (Å²) in [5.74, 6) is -0.110. The van der Waals surface area contributed by atoms with Gasteiger partial charge < -0.3 is 4.90 Å². The van der Waals surface area contributed by atoms with E-state index in [1.807, 2.05) is 9.80 Å². The van der Waals surface area contributed by atoms with E-state index >= 15 is 0 Å². The van der Waals surface area contributed by atoms with Crippen molar-refractivity contribution in [2.75, 3.05) is 29.4 Å². The molecule has 1 amide bonds. The molecule has 0 radical (unpaired) electrons. The van der Waals surface area contributed by atoms with Crippen LogP contribution in [0.3, 0.4) is 0 Å². The third-order valence-corrected chi connectivity index (χ3v) is 5.90. The molecule has 29 heavy (non-hydrogen) atoms. The fourth-order valence-electron chi connectivity index (χ4n) is 2.65. The molecule has 0 spiro atoms. The van der Waals surface area contributed by atoms with E-state index in [2.05, 4.69) is 23.5 Å². The highest BCUT2D eigenvalue weighted by molar-refractivity contribution is 8.10. The van der Waals surface area contributed by atoms with Crippen molar-refractivity contribution in [2.24, 2.45) is 0 Å². The van der Waals surface area contributed by atoms with Crippen molar-refractivity contribution < 1.29 is 22.4 Å². The Balaban J connectivity index is 1.51. The average molecular weight is 446 g/mol. The summed E-state index contributed by atoms with van der Waals surface area (Å²) >= 11 is 6.03. The Labute approximate surface area is 174 Å². The Morgan fingerprint density at radius 3 is 2.41 bits per heavy atom. The van der Waals surface area contributed by atoms with Gasteiger partial charge >= 0.3 is 6.18 Å². The lowest BCUT2D eigenvalue weighted by Crippen LogP contribution is -2.49. The van der Waals surface area contributed by atoms with Gasteiger partial charge in [-0.3, -0.25) is 20.5 Å². The van der Waals surface area contributed by atoms with Crippen LogP contribution in [0.15, 0.2) is 48.5 Å². The molecule has 0 aromatic heterocycles. The highest BCUT2D eigenvalue weighted by Crippen LogP contribution is 2.31. The first-order valence-corrected chi connectivity index (χ1v) is 10.1. The molecule has 1 fully saturated rings. The first kappa shape index (κ1) is 21.6. The number of nitrogens with zero attached hydrogens (tertiary/aromatic N) is 2. The monoisotopic (exact) mass is 446 g/mol. The van der Waals surface area contributed by atoms with E-state index in [1.54, 1.807) is 12.1 Å². The molecule has 0 aliphatic carbocycles. The molecular weight excluding hydrogens is 428 g/mol. The van der Waals surface area contributed by atoms with Crippen LogP contribution >= 0.6 is 24.4 Å². The van der Waals surface area contributed by atoms with Crippen molar-refractivity contribution in [3.05, 3.63) is 59.9 Å². The Hall–Kier alpha value is -2.11. The van der Waals surface area contributed by atoms with Crippen molar-refractivity contribution >= 4 is 41.7 Å². The number of amides is 1. The lowest BCUT2D eigenvalue weighted by atomic mass is 10.2. The van der Waals surface area contributed by atoms with E-state index in [1.165, 1.54) is 36.0 Å². The predicted octanol–water partition coefficient (Wildman–Crippen LogP) is 3.97. The number of rotatable bonds is 5. The first-order valence-electron chi connectivity index (χ1n) is 8.49. The molecular formula is C18H18F4N4OS2. The number of nitrogens with one attached hydrogen (secondary N) is 2. The van der Waals surface area contributed by atoms with Crippen LogP contribution in [0.2, 0.25) is 0 Å². The largest absolute Gasteiger partial charge is 0.416 e. The van der Waals surface area contributed by atoms with Crippen LogP contribution in [0.1, 0.15) is 5.56 Å². The maximum atomic E-state index is 13.1. The van der Waals surface area contributed by atoms with E-state index in [0.717, 1.165) is 17.8 Å². The number of carbonyl (C=O) groups excluding carboxylic acids is 1. The number of alkyl halides is 3. The van der Waals surface area contributed by atoms with Gasteiger partial charge in [-0.1, -0.05) is 0 Å². The Morgan fingerprint density at radius 2 is 1.79 bits per heavy atom. The second kappa shape index (κ2) is 9.14. The molecule has 0 bridgehead atoms. The maximum absolute atomic E-state index is 13.1. The van der Waals surface area contributed by atoms with E-state index in [4.69, 9.17) is 0 Å². The van der Waals surface area contributed by atoms with Crippen molar-refractivity contribution in [3.8, 4) is 0 Å². The van der Waals surface area contributed by atoms with Gasteiger partial charge in [0, 0.05) is 11.6 Å². The molecule has 2 aromatic rings. The van der Waals surface area contributed by atoms with Crippen LogP contribution in [0.25, 0.3) is 0 Å². The number of benzene rings is 2. The zero-order chi connectivity index (χ0) is 21.0. The quantitative estimate of drug-likeness (QED) is 0.369. The zero-order valence-corrected chi connectivity index (χ0v) is 16.7. The second-order valence-corrected chi connectivity index (χ2v) is 8.16. The fraction of sp³-hybridized carbons (Fsp3) is 0.278. The van der Waals surface area contributed by atoms with Gasteiger partial charge in [-0.05, 0) is 48.5 Å². The summed E-state index contributed by atoms with van der Waals surface area (Å²) in [5, 5.41) is 0. The van der Waals surface area contributed by atoms with Crippen molar-refractivity contribution in [1.29, 1.82) is 0 Å². The van der Waals surface area contributed by atoms with Crippen molar-refractivity contribution in [3.63, 3.8) is 0 Å². The number of hydrogen-bond acceptors (Lipinski definition) is 6. The third-order valence-electron chi connectivity index (χ3n) is 4.11. The van der Waals surface area contributed by atoms with Gasteiger partial charge in [-0.15, -0.1) is 24.4 Å². The molecule has 3 rings (SSSR count). The molecule has 1 aliphatic heterocycles. The topological polar surface area (TPSA) is 47.6 Å². The summed E-state index contributed by atoms with van der Waals surface area (Å²) in [6.07, 6.45) is -4.41. The first-order chi connectivity index (χ1) is 13.7. The SMILES string of the molecule is O=C(CN1CSC(S)N(c2ccc(F)cc2)C1)NNc1ccc(C(F)(F)F)cc1. The lowest BCUT2D eigenvalue weighted by molar-refractivity contribution is -0.137. The molecule has 1 heterocycles. The third kappa shape index (κ3) is 5.94. The summed E-state index contributed by atoms with van der Waals surface area (Å²) in [4.78, 5) is 16.0. The smallest absolute Gasteiger partial charge is 0.338 e. The van der Waals surface area contributed by atoms with E-state index in [0.29, 0.717) is 18.2 Å².